The van der Waals surface area contributed by atoms with Crippen LogP contribution in [0, 0.1) is 0 Å². The Hall–Kier alpha value is -1.46. The van der Waals surface area contributed by atoms with E-state index < -0.39 is 5.97 Å². The third-order valence-corrected chi connectivity index (χ3v) is 5.69. The van der Waals surface area contributed by atoms with Gasteiger partial charge in [0.05, 0.1) is 12.2 Å². The molecule has 5 nitrogen and oxygen atoms in total. The number of allylic oxidation sites excluding steroid dienone is 2. The predicted molar refractivity (Wildman–Crippen MR) is 120 cm³/mol. The van der Waals surface area contributed by atoms with Crippen molar-refractivity contribution in [3.8, 4) is 0 Å². The molecular formula is C24H43N3O2. The van der Waals surface area contributed by atoms with Gasteiger partial charge in [0.25, 0.3) is 0 Å². The molecule has 0 bridgehead atoms. The number of hydrogen-bond donors (Lipinski definition) is 1. The first-order valence-corrected chi connectivity index (χ1v) is 11.8. The summed E-state index contributed by atoms with van der Waals surface area (Å²) in [5.74, 6) is -0.157. The van der Waals surface area contributed by atoms with Crippen LogP contribution in [0.5, 0.6) is 0 Å². The van der Waals surface area contributed by atoms with E-state index in [0.29, 0.717) is 13.1 Å². The van der Waals surface area contributed by atoms with Crippen LogP contribution < -0.4 is 10.8 Å². The third-order valence-electron chi connectivity index (χ3n) is 5.69. The summed E-state index contributed by atoms with van der Waals surface area (Å²) in [6, 6.07) is 0. The highest BCUT2D eigenvalue weighted by Gasteiger charge is 2.34. The molecule has 1 unspecified atom stereocenters. The molecule has 5 heteroatoms. The van der Waals surface area contributed by atoms with Crippen molar-refractivity contribution in [2.75, 3.05) is 19.6 Å². The quantitative estimate of drug-likeness (QED) is 0.196. The van der Waals surface area contributed by atoms with Gasteiger partial charge in [0, 0.05) is 13.0 Å². The Morgan fingerprint density at radius 2 is 1.59 bits per heavy atom. The number of quaternary nitrogens is 1. The maximum atomic E-state index is 11.1. The van der Waals surface area contributed by atoms with Crippen molar-refractivity contribution in [2.45, 2.75) is 96.8 Å². The Bertz CT molecular complexity index is 528. The van der Waals surface area contributed by atoms with Gasteiger partial charge >= 0.3 is 0 Å². The molecule has 0 saturated carbocycles. The summed E-state index contributed by atoms with van der Waals surface area (Å²) in [7, 11) is 0. The lowest BCUT2D eigenvalue weighted by atomic mass is 10.1. The maximum absolute atomic E-state index is 11.1. The van der Waals surface area contributed by atoms with Crippen LogP contribution >= 0.6 is 0 Å². The van der Waals surface area contributed by atoms with Gasteiger partial charge in [0.2, 0.25) is 5.84 Å². The molecule has 1 heterocycles. The molecule has 1 atom stereocenters. The normalized spacial score (nSPS) is 18.6. The number of amidine groups is 1. The minimum Gasteiger partial charge on any atom is -0.544 e. The first-order valence-electron chi connectivity index (χ1n) is 11.8. The fraction of sp³-hybridized carbons (Fsp3) is 0.750. The average molecular weight is 406 g/mol. The van der Waals surface area contributed by atoms with Crippen molar-refractivity contribution in [3.05, 3.63) is 24.6 Å². The second-order valence-electron chi connectivity index (χ2n) is 8.25. The fourth-order valence-corrected chi connectivity index (χ4v) is 3.98. The van der Waals surface area contributed by atoms with Gasteiger partial charge < -0.3 is 15.6 Å². The number of hydrogen-bond acceptors (Lipinski definition) is 4. The standard InChI is InChI=1S/C24H43N3O2/c1-2-3-4-5-6-7-8-9-10-11-12-13-14-15-16-17-23-26-19-21-27(23,20-18-25)22-24(28)29/h12-13,19,21H,2-11,14-18,20,22,25H2,1H3/b13-12+. The lowest BCUT2D eigenvalue weighted by Gasteiger charge is -2.32. The Morgan fingerprint density at radius 3 is 2.17 bits per heavy atom. The Labute approximate surface area is 178 Å². The minimum absolute atomic E-state index is 0.0782. The molecule has 0 spiro atoms. The van der Waals surface area contributed by atoms with E-state index in [0.717, 1.165) is 31.5 Å². The smallest absolute Gasteiger partial charge is 0.207 e. The van der Waals surface area contributed by atoms with E-state index in [1.807, 2.05) is 6.20 Å². The SMILES string of the molecule is CCCCCCCCCCC/C=C/CCCCC1=NC=C[N+]1(CCN)CC(=O)[O-]. The molecule has 29 heavy (non-hydrogen) atoms. The summed E-state index contributed by atoms with van der Waals surface area (Å²) in [4.78, 5) is 15.5. The van der Waals surface area contributed by atoms with Gasteiger partial charge in [0.15, 0.2) is 0 Å². The van der Waals surface area contributed by atoms with Crippen LogP contribution in [0.1, 0.15) is 96.8 Å². The molecule has 1 rings (SSSR count). The Balaban J connectivity index is 2.05. The highest BCUT2D eigenvalue weighted by atomic mass is 16.4. The van der Waals surface area contributed by atoms with Gasteiger partial charge in [-0.1, -0.05) is 70.4 Å². The van der Waals surface area contributed by atoms with Crippen LogP contribution in [0.3, 0.4) is 0 Å². The minimum atomic E-state index is -1.06. The van der Waals surface area contributed by atoms with Crippen molar-refractivity contribution >= 4 is 11.8 Å². The lowest BCUT2D eigenvalue weighted by molar-refractivity contribution is -0.780. The number of nitrogens with two attached hydrogens (primary N) is 1. The summed E-state index contributed by atoms with van der Waals surface area (Å²) in [5, 5.41) is 11.1. The van der Waals surface area contributed by atoms with Crippen molar-refractivity contribution < 1.29 is 14.4 Å². The summed E-state index contributed by atoms with van der Waals surface area (Å²) in [6.07, 6.45) is 25.7. The van der Waals surface area contributed by atoms with Crippen LogP contribution in [-0.4, -0.2) is 35.9 Å². The number of rotatable bonds is 19. The fourth-order valence-electron chi connectivity index (χ4n) is 3.98. The summed E-state index contributed by atoms with van der Waals surface area (Å²) >= 11 is 0. The first-order chi connectivity index (χ1) is 14.1. The molecule has 1 aliphatic rings. The van der Waals surface area contributed by atoms with E-state index in [4.69, 9.17) is 5.73 Å². The van der Waals surface area contributed by atoms with Gasteiger partial charge in [-0.15, -0.1) is 0 Å². The molecule has 0 aliphatic carbocycles. The number of aliphatic imine (C=N–C) groups is 1. The number of carbonyl (C=O) groups excluding carboxylic acids is 1. The highest BCUT2D eigenvalue weighted by molar-refractivity contribution is 5.80. The van der Waals surface area contributed by atoms with Crippen LogP contribution in [0.25, 0.3) is 0 Å². The molecule has 2 N–H and O–H groups in total. The Morgan fingerprint density at radius 1 is 1.00 bits per heavy atom. The second-order valence-corrected chi connectivity index (χ2v) is 8.25. The molecule has 166 valence electrons. The molecule has 0 saturated heterocycles. The number of carboxylic acid groups (broad SMARTS) is 1. The number of carboxylic acids is 1. The van der Waals surface area contributed by atoms with Crippen molar-refractivity contribution in [1.82, 2.24) is 0 Å². The van der Waals surface area contributed by atoms with Crippen LogP contribution in [0.2, 0.25) is 0 Å². The molecule has 0 aromatic heterocycles. The summed E-state index contributed by atoms with van der Waals surface area (Å²) in [5.41, 5.74) is 5.69. The van der Waals surface area contributed by atoms with Crippen LogP contribution in [0.15, 0.2) is 29.5 Å². The average Bonchev–Trinajstić information content (AvgIpc) is 3.06. The molecule has 1 aliphatic heterocycles. The van der Waals surface area contributed by atoms with Gasteiger partial charge in [-0.3, -0.25) is 0 Å². The van der Waals surface area contributed by atoms with E-state index in [9.17, 15) is 9.90 Å². The van der Waals surface area contributed by atoms with Crippen LogP contribution in [0.4, 0.5) is 0 Å². The third kappa shape index (κ3) is 11.3. The lowest BCUT2D eigenvalue weighted by Crippen LogP contribution is -2.55. The van der Waals surface area contributed by atoms with E-state index in [1.165, 1.54) is 64.2 Å². The molecule has 0 aromatic carbocycles. The van der Waals surface area contributed by atoms with Gasteiger partial charge in [-0.05, 0) is 32.1 Å². The van der Waals surface area contributed by atoms with E-state index in [2.05, 4.69) is 24.1 Å². The number of aliphatic carboxylic acids is 1. The number of unbranched alkanes of at least 4 members (excludes halogenated alkanes) is 11. The van der Waals surface area contributed by atoms with Gasteiger partial charge in [0.1, 0.15) is 19.3 Å². The van der Waals surface area contributed by atoms with E-state index >= 15 is 0 Å². The molecule has 0 fully saturated rings. The largest absolute Gasteiger partial charge is 0.544 e. The Kier molecular flexibility index (Phi) is 14.4. The monoisotopic (exact) mass is 405 g/mol. The maximum Gasteiger partial charge on any atom is 0.207 e. The molecule has 0 aromatic rings. The second kappa shape index (κ2) is 16.3. The summed E-state index contributed by atoms with van der Waals surface area (Å²) < 4.78 is 0.229. The number of nitrogens with zero attached hydrogens (tertiary/aromatic N) is 2. The first kappa shape index (κ1) is 25.6. The van der Waals surface area contributed by atoms with Crippen molar-refractivity contribution in [1.29, 1.82) is 0 Å². The van der Waals surface area contributed by atoms with E-state index in [1.54, 1.807) is 6.20 Å². The highest BCUT2D eigenvalue weighted by Crippen LogP contribution is 2.20. The molecular weight excluding hydrogens is 362 g/mol. The summed E-state index contributed by atoms with van der Waals surface area (Å²) in [6.45, 7) is 3.17. The topological polar surface area (TPSA) is 78.5 Å². The zero-order chi connectivity index (χ0) is 21.2. The number of carbonyl (C=O) groups is 1. The van der Waals surface area contributed by atoms with Crippen molar-refractivity contribution in [3.63, 3.8) is 0 Å². The molecule has 0 radical (unpaired) electrons. The molecule has 0 amide bonds. The zero-order valence-electron chi connectivity index (χ0n) is 18.6. The van der Waals surface area contributed by atoms with E-state index in [-0.39, 0.29) is 11.0 Å². The van der Waals surface area contributed by atoms with Crippen molar-refractivity contribution in [2.24, 2.45) is 10.7 Å². The predicted octanol–water partition coefficient (Wildman–Crippen LogP) is 4.43. The zero-order valence-corrected chi connectivity index (χ0v) is 18.6. The van der Waals surface area contributed by atoms with Gasteiger partial charge in [-0.25, -0.2) is 9.48 Å². The van der Waals surface area contributed by atoms with Crippen LogP contribution in [-0.2, 0) is 4.79 Å². The van der Waals surface area contributed by atoms with Gasteiger partial charge in [-0.2, -0.15) is 0 Å².